The van der Waals surface area contributed by atoms with Crippen LogP contribution < -0.4 is 5.73 Å². The van der Waals surface area contributed by atoms with Gasteiger partial charge in [0, 0.05) is 22.8 Å². The van der Waals surface area contributed by atoms with Crippen molar-refractivity contribution >= 4 is 0 Å². The number of nitrogens with two attached hydrogens (primary N) is 1. The standard InChI is InChI=1S/C19H27NO2/c1-18-7-5-12(20)9-11(18)10-15(21)17-13-3-4-16(22)19(13,2)8-6-14(17)18/h3-5,7,11-13,15-16,21-22H,6,8-10,20H2,1-2H3/t11?,12-,13-,15-,16-,18-,19-/m0/s1. The zero-order chi connectivity index (χ0) is 15.7. The highest BCUT2D eigenvalue weighted by Crippen LogP contribution is 2.60. The molecule has 4 aliphatic carbocycles. The molecule has 0 aromatic carbocycles. The molecule has 1 unspecified atom stereocenters. The fraction of sp³-hybridized carbons (Fsp3) is 0.684. The van der Waals surface area contributed by atoms with Crippen LogP contribution in [0.1, 0.15) is 39.5 Å². The third kappa shape index (κ3) is 1.73. The van der Waals surface area contributed by atoms with E-state index < -0.39 is 0 Å². The van der Waals surface area contributed by atoms with E-state index in [1.54, 1.807) is 0 Å². The Bertz CT molecular complexity index is 592. The molecule has 0 aromatic rings. The summed E-state index contributed by atoms with van der Waals surface area (Å²) in [5, 5.41) is 21.2. The van der Waals surface area contributed by atoms with Crippen LogP contribution in [0.25, 0.3) is 0 Å². The molecule has 0 aromatic heterocycles. The fourth-order valence-electron chi connectivity index (χ4n) is 5.51. The number of aliphatic hydroxyl groups excluding tert-OH is 2. The van der Waals surface area contributed by atoms with Crippen LogP contribution in [-0.4, -0.2) is 28.5 Å². The summed E-state index contributed by atoms with van der Waals surface area (Å²) in [4.78, 5) is 0. The summed E-state index contributed by atoms with van der Waals surface area (Å²) in [7, 11) is 0. The van der Waals surface area contributed by atoms with Gasteiger partial charge in [-0.15, -0.1) is 0 Å². The van der Waals surface area contributed by atoms with Gasteiger partial charge in [0.05, 0.1) is 12.2 Å². The Morgan fingerprint density at radius 3 is 2.68 bits per heavy atom. The highest BCUT2D eigenvalue weighted by Gasteiger charge is 2.54. The molecule has 0 fully saturated rings. The average molecular weight is 301 g/mol. The number of hydrogen-bond donors (Lipinski definition) is 3. The number of hydrogen-bond acceptors (Lipinski definition) is 3. The second-order valence-corrected chi connectivity index (χ2v) is 8.24. The largest absolute Gasteiger partial charge is 0.389 e. The maximum absolute atomic E-state index is 10.9. The van der Waals surface area contributed by atoms with E-state index >= 15 is 0 Å². The first-order valence-corrected chi connectivity index (χ1v) is 8.59. The van der Waals surface area contributed by atoms with Crippen LogP contribution in [0.5, 0.6) is 0 Å². The minimum Gasteiger partial charge on any atom is -0.389 e. The zero-order valence-corrected chi connectivity index (χ0v) is 13.5. The lowest BCUT2D eigenvalue weighted by molar-refractivity contribution is 0.0228. The molecule has 4 rings (SSSR count). The van der Waals surface area contributed by atoms with E-state index in [1.807, 2.05) is 6.08 Å². The molecule has 0 bridgehead atoms. The first-order valence-electron chi connectivity index (χ1n) is 8.59. The van der Waals surface area contributed by atoms with Crippen molar-refractivity contribution in [1.29, 1.82) is 0 Å². The second kappa shape index (κ2) is 4.56. The van der Waals surface area contributed by atoms with Gasteiger partial charge in [0.25, 0.3) is 0 Å². The first kappa shape index (κ1) is 14.7. The smallest absolute Gasteiger partial charge is 0.0783 e. The maximum atomic E-state index is 10.9. The summed E-state index contributed by atoms with van der Waals surface area (Å²) in [5.41, 5.74) is 8.62. The van der Waals surface area contributed by atoms with Crippen molar-refractivity contribution < 1.29 is 10.2 Å². The first-order chi connectivity index (χ1) is 10.4. The molecule has 3 heteroatoms. The predicted molar refractivity (Wildman–Crippen MR) is 87.0 cm³/mol. The van der Waals surface area contributed by atoms with Gasteiger partial charge in [-0.1, -0.05) is 43.7 Å². The maximum Gasteiger partial charge on any atom is 0.0783 e. The molecule has 4 aliphatic rings. The average Bonchev–Trinajstić information content (AvgIpc) is 2.77. The lowest BCUT2D eigenvalue weighted by Crippen LogP contribution is -2.49. The Morgan fingerprint density at radius 2 is 1.91 bits per heavy atom. The van der Waals surface area contributed by atoms with Gasteiger partial charge in [0.1, 0.15) is 0 Å². The SMILES string of the molecule is C[C@]12CCC3=C([C@@H](O)CC4C[C@@H](N)C=C[C@]34C)[C@@H]1C=C[C@@H]2O. The van der Waals surface area contributed by atoms with E-state index in [2.05, 4.69) is 32.1 Å². The van der Waals surface area contributed by atoms with Gasteiger partial charge in [0.15, 0.2) is 0 Å². The molecule has 0 saturated heterocycles. The van der Waals surface area contributed by atoms with Crippen LogP contribution in [-0.2, 0) is 0 Å². The van der Waals surface area contributed by atoms with Crippen molar-refractivity contribution in [3.05, 3.63) is 35.5 Å². The number of rotatable bonds is 0. The van der Waals surface area contributed by atoms with Crippen molar-refractivity contribution in [1.82, 2.24) is 0 Å². The number of allylic oxidation sites excluding steroid dienone is 3. The van der Waals surface area contributed by atoms with Gasteiger partial charge in [-0.25, -0.2) is 0 Å². The minimum atomic E-state index is -0.389. The molecule has 0 spiro atoms. The molecule has 0 heterocycles. The van der Waals surface area contributed by atoms with Gasteiger partial charge in [-0.05, 0) is 37.2 Å². The third-order valence-electron chi connectivity index (χ3n) is 7.08. The number of aliphatic hydroxyl groups is 2. The molecule has 0 saturated carbocycles. The summed E-state index contributed by atoms with van der Waals surface area (Å²) < 4.78 is 0. The molecule has 120 valence electrons. The molecule has 0 aliphatic heterocycles. The van der Waals surface area contributed by atoms with E-state index in [4.69, 9.17) is 5.73 Å². The van der Waals surface area contributed by atoms with Gasteiger partial charge in [-0.2, -0.15) is 0 Å². The van der Waals surface area contributed by atoms with E-state index in [-0.39, 0.29) is 35.0 Å². The number of fused-ring (bicyclic) bond motifs is 4. The molecule has 0 amide bonds. The summed E-state index contributed by atoms with van der Waals surface area (Å²) in [6, 6.07) is 0.120. The molecular formula is C19H27NO2. The van der Waals surface area contributed by atoms with E-state index in [9.17, 15) is 10.2 Å². The normalized spacial score (nSPS) is 53.2. The van der Waals surface area contributed by atoms with Crippen molar-refractivity contribution in [2.75, 3.05) is 0 Å². The lowest BCUT2D eigenvalue weighted by atomic mass is 9.52. The van der Waals surface area contributed by atoms with Crippen LogP contribution in [0.3, 0.4) is 0 Å². The lowest BCUT2D eigenvalue weighted by Gasteiger charge is -2.53. The van der Waals surface area contributed by atoms with Crippen LogP contribution in [0.4, 0.5) is 0 Å². The van der Waals surface area contributed by atoms with Crippen LogP contribution in [0.15, 0.2) is 35.5 Å². The van der Waals surface area contributed by atoms with Crippen LogP contribution >= 0.6 is 0 Å². The minimum absolute atomic E-state index is 0.0349. The van der Waals surface area contributed by atoms with Crippen molar-refractivity contribution in [2.45, 2.75) is 57.8 Å². The van der Waals surface area contributed by atoms with Gasteiger partial charge in [-0.3, -0.25) is 0 Å². The highest BCUT2D eigenvalue weighted by molar-refractivity contribution is 5.43. The van der Waals surface area contributed by atoms with Crippen molar-refractivity contribution in [3.8, 4) is 0 Å². The van der Waals surface area contributed by atoms with E-state index in [0.717, 1.165) is 25.7 Å². The van der Waals surface area contributed by atoms with Crippen molar-refractivity contribution in [2.24, 2.45) is 28.4 Å². The molecule has 4 N–H and O–H groups in total. The van der Waals surface area contributed by atoms with Gasteiger partial charge >= 0.3 is 0 Å². The molecular weight excluding hydrogens is 274 g/mol. The van der Waals surface area contributed by atoms with Gasteiger partial charge < -0.3 is 15.9 Å². The summed E-state index contributed by atoms with van der Waals surface area (Å²) in [5.74, 6) is 0.615. The monoisotopic (exact) mass is 301 g/mol. The topological polar surface area (TPSA) is 66.5 Å². The van der Waals surface area contributed by atoms with Crippen LogP contribution in [0, 0.1) is 22.7 Å². The second-order valence-electron chi connectivity index (χ2n) is 8.24. The fourth-order valence-corrected chi connectivity index (χ4v) is 5.51. The van der Waals surface area contributed by atoms with E-state index in [0.29, 0.717) is 5.92 Å². The van der Waals surface area contributed by atoms with Crippen molar-refractivity contribution in [3.63, 3.8) is 0 Å². The Labute approximate surface area is 132 Å². The highest BCUT2D eigenvalue weighted by atomic mass is 16.3. The Balaban J connectivity index is 1.84. The summed E-state index contributed by atoms with van der Waals surface area (Å²) in [6.45, 7) is 4.49. The third-order valence-corrected chi connectivity index (χ3v) is 7.08. The predicted octanol–water partition coefficient (Wildman–Crippen LogP) is 2.30. The van der Waals surface area contributed by atoms with E-state index in [1.165, 1.54) is 11.1 Å². The summed E-state index contributed by atoms with van der Waals surface area (Å²) >= 11 is 0. The summed E-state index contributed by atoms with van der Waals surface area (Å²) in [6.07, 6.45) is 11.4. The van der Waals surface area contributed by atoms with Crippen LogP contribution in [0.2, 0.25) is 0 Å². The molecule has 0 radical (unpaired) electrons. The Morgan fingerprint density at radius 1 is 1.14 bits per heavy atom. The van der Waals surface area contributed by atoms with Gasteiger partial charge in [0.2, 0.25) is 0 Å². The zero-order valence-electron chi connectivity index (χ0n) is 13.5. The molecule has 3 nitrogen and oxygen atoms in total. The quantitative estimate of drug-likeness (QED) is 0.602. The molecule has 7 atom stereocenters. The Kier molecular flexibility index (Phi) is 3.04. The Hall–Kier alpha value is -0.900. The molecule has 22 heavy (non-hydrogen) atoms.